The van der Waals surface area contributed by atoms with Crippen molar-refractivity contribution in [3.63, 3.8) is 0 Å². The number of hydrogen-bond acceptors (Lipinski definition) is 4. The first-order valence-corrected chi connectivity index (χ1v) is 8.19. The van der Waals surface area contributed by atoms with Crippen molar-refractivity contribution < 1.29 is 27.1 Å². The van der Waals surface area contributed by atoms with E-state index in [0.29, 0.717) is 12.0 Å². The number of carbonyl (C=O) groups is 1. The largest absolute Gasteiger partial charge is 0.480 e. The summed E-state index contributed by atoms with van der Waals surface area (Å²) in [6.07, 6.45) is 0.347. The van der Waals surface area contributed by atoms with E-state index in [1.807, 2.05) is 0 Å². The van der Waals surface area contributed by atoms with Gasteiger partial charge in [0, 0.05) is 12.6 Å². The molecule has 2 rings (SSSR count). The average molecular weight is 319 g/mol. The van der Waals surface area contributed by atoms with Crippen LogP contribution in [0.1, 0.15) is 12.0 Å². The first-order chi connectivity index (χ1) is 9.77. The third-order valence-corrected chi connectivity index (χ3v) is 5.18. The zero-order chi connectivity index (χ0) is 15.6. The van der Waals surface area contributed by atoms with Gasteiger partial charge in [-0.1, -0.05) is 6.07 Å². The first kappa shape index (κ1) is 15.8. The molecule has 1 aromatic rings. The van der Waals surface area contributed by atoms with Crippen LogP contribution in [0.5, 0.6) is 0 Å². The highest BCUT2D eigenvalue weighted by molar-refractivity contribution is 7.91. The summed E-state index contributed by atoms with van der Waals surface area (Å²) in [5, 5.41) is 8.93. The molecule has 1 heterocycles. The molecule has 1 aliphatic heterocycles. The van der Waals surface area contributed by atoms with Crippen LogP contribution in [0, 0.1) is 11.6 Å². The molecule has 8 heteroatoms. The highest BCUT2D eigenvalue weighted by Crippen LogP contribution is 2.20. The molecule has 1 atom stereocenters. The van der Waals surface area contributed by atoms with Crippen molar-refractivity contribution in [3.8, 4) is 0 Å². The van der Waals surface area contributed by atoms with Crippen LogP contribution >= 0.6 is 0 Å². The lowest BCUT2D eigenvalue weighted by Gasteiger charge is -2.26. The highest BCUT2D eigenvalue weighted by Gasteiger charge is 2.33. The molecule has 21 heavy (non-hydrogen) atoms. The van der Waals surface area contributed by atoms with Gasteiger partial charge in [0.25, 0.3) is 0 Å². The number of carboxylic acid groups (broad SMARTS) is 1. The van der Waals surface area contributed by atoms with Gasteiger partial charge in [0.05, 0.1) is 18.1 Å². The maximum Gasteiger partial charge on any atom is 0.317 e. The van der Waals surface area contributed by atoms with Gasteiger partial charge in [-0.2, -0.15) is 0 Å². The molecule has 116 valence electrons. The topological polar surface area (TPSA) is 74.7 Å². The third-order valence-electron chi connectivity index (χ3n) is 3.43. The molecule has 0 radical (unpaired) electrons. The Bertz CT molecular complexity index is 648. The minimum absolute atomic E-state index is 0.0194. The zero-order valence-electron chi connectivity index (χ0n) is 11.1. The van der Waals surface area contributed by atoms with Crippen LogP contribution in [0.4, 0.5) is 8.78 Å². The molecule has 0 spiro atoms. The number of nitrogens with zero attached hydrogens (tertiary/aromatic N) is 1. The van der Waals surface area contributed by atoms with E-state index in [4.69, 9.17) is 5.11 Å². The molecule has 5 nitrogen and oxygen atoms in total. The summed E-state index contributed by atoms with van der Waals surface area (Å²) in [5.74, 6) is -3.18. The van der Waals surface area contributed by atoms with E-state index in [0.717, 1.165) is 12.1 Å². The Morgan fingerprint density at radius 3 is 2.57 bits per heavy atom. The summed E-state index contributed by atoms with van der Waals surface area (Å²) in [6, 6.07) is 2.90. The standard InChI is InChI=1S/C13H15F2NO4S/c14-11-2-1-9(5-12(11)15)6-16(7-13(17)18)10-3-4-21(19,20)8-10/h1-2,5,10H,3-4,6-8H2,(H,17,18). The molecular formula is C13H15F2NO4S. The third kappa shape index (κ3) is 4.21. The summed E-state index contributed by atoms with van der Waals surface area (Å²) < 4.78 is 49.1. The molecular weight excluding hydrogens is 304 g/mol. The maximum absolute atomic E-state index is 13.2. The first-order valence-electron chi connectivity index (χ1n) is 6.37. The molecule has 0 amide bonds. The number of benzene rings is 1. The maximum atomic E-state index is 13.2. The summed E-state index contributed by atoms with van der Waals surface area (Å²) in [4.78, 5) is 12.4. The molecule has 1 N–H and O–H groups in total. The Morgan fingerprint density at radius 2 is 2.05 bits per heavy atom. The summed E-state index contributed by atoms with van der Waals surface area (Å²) in [6.45, 7) is -0.289. The lowest BCUT2D eigenvalue weighted by Crippen LogP contribution is -2.39. The van der Waals surface area contributed by atoms with Crippen molar-refractivity contribution in [3.05, 3.63) is 35.4 Å². The van der Waals surface area contributed by atoms with E-state index in [-0.39, 0.29) is 24.6 Å². The normalized spacial score (nSPS) is 20.8. The number of aliphatic carboxylic acids is 1. The van der Waals surface area contributed by atoms with Crippen LogP contribution in [-0.2, 0) is 21.2 Å². The quantitative estimate of drug-likeness (QED) is 0.878. The van der Waals surface area contributed by atoms with Crippen LogP contribution in [0.15, 0.2) is 18.2 Å². The van der Waals surface area contributed by atoms with Crippen LogP contribution in [0.3, 0.4) is 0 Å². The van der Waals surface area contributed by atoms with Gasteiger partial charge in [-0.05, 0) is 24.1 Å². The zero-order valence-corrected chi connectivity index (χ0v) is 11.9. The summed E-state index contributed by atoms with van der Waals surface area (Å²) in [5.41, 5.74) is 0.402. The molecule has 1 saturated heterocycles. The van der Waals surface area contributed by atoms with Crippen LogP contribution in [0.2, 0.25) is 0 Å². The lowest BCUT2D eigenvalue weighted by molar-refractivity contribution is -0.139. The van der Waals surface area contributed by atoms with Gasteiger partial charge in [0.2, 0.25) is 0 Å². The van der Waals surface area contributed by atoms with E-state index in [9.17, 15) is 22.0 Å². The fourth-order valence-electron chi connectivity index (χ4n) is 2.42. The van der Waals surface area contributed by atoms with Crippen molar-refractivity contribution >= 4 is 15.8 Å². The second-order valence-electron chi connectivity index (χ2n) is 5.10. The van der Waals surface area contributed by atoms with E-state index >= 15 is 0 Å². The van der Waals surface area contributed by atoms with Crippen LogP contribution in [-0.4, -0.2) is 48.5 Å². The minimum atomic E-state index is -3.15. The van der Waals surface area contributed by atoms with Gasteiger partial charge >= 0.3 is 5.97 Å². The average Bonchev–Trinajstić information content (AvgIpc) is 2.73. The smallest absolute Gasteiger partial charge is 0.317 e. The Balaban J connectivity index is 2.16. The predicted molar refractivity (Wildman–Crippen MR) is 71.5 cm³/mol. The molecule has 0 saturated carbocycles. The molecule has 1 aliphatic rings. The van der Waals surface area contributed by atoms with Gasteiger partial charge in [-0.15, -0.1) is 0 Å². The van der Waals surface area contributed by atoms with Gasteiger partial charge < -0.3 is 5.11 Å². The predicted octanol–water partition coefficient (Wildman–Crippen LogP) is 1.04. The van der Waals surface area contributed by atoms with Crippen molar-refractivity contribution in [2.24, 2.45) is 0 Å². The van der Waals surface area contributed by atoms with Crippen molar-refractivity contribution in [2.75, 3.05) is 18.1 Å². The SMILES string of the molecule is O=C(O)CN(Cc1ccc(F)c(F)c1)C1CCS(=O)(=O)C1. The fraction of sp³-hybridized carbons (Fsp3) is 0.462. The number of halogens is 2. The molecule has 0 bridgehead atoms. The molecule has 1 aromatic carbocycles. The van der Waals surface area contributed by atoms with E-state index in [1.54, 1.807) is 0 Å². The molecule has 0 aliphatic carbocycles. The second kappa shape index (κ2) is 6.07. The van der Waals surface area contributed by atoms with Gasteiger partial charge in [-0.3, -0.25) is 9.69 Å². The lowest BCUT2D eigenvalue weighted by atomic mass is 10.1. The Labute approximate surface area is 121 Å². The summed E-state index contributed by atoms with van der Waals surface area (Å²) in [7, 11) is -3.15. The van der Waals surface area contributed by atoms with Gasteiger partial charge in [0.15, 0.2) is 21.5 Å². The monoisotopic (exact) mass is 319 g/mol. The van der Waals surface area contributed by atoms with Gasteiger partial charge in [-0.25, -0.2) is 17.2 Å². The van der Waals surface area contributed by atoms with E-state index < -0.39 is 33.5 Å². The van der Waals surface area contributed by atoms with Crippen molar-refractivity contribution in [1.82, 2.24) is 4.90 Å². The van der Waals surface area contributed by atoms with E-state index in [2.05, 4.69) is 0 Å². The number of hydrogen-bond donors (Lipinski definition) is 1. The Kier molecular flexibility index (Phi) is 4.58. The molecule has 1 unspecified atom stereocenters. The fourth-order valence-corrected chi connectivity index (χ4v) is 4.19. The van der Waals surface area contributed by atoms with Gasteiger partial charge in [0.1, 0.15) is 0 Å². The van der Waals surface area contributed by atoms with Crippen LogP contribution in [0.25, 0.3) is 0 Å². The van der Waals surface area contributed by atoms with Crippen LogP contribution < -0.4 is 0 Å². The number of carboxylic acids is 1. The van der Waals surface area contributed by atoms with E-state index in [1.165, 1.54) is 11.0 Å². The van der Waals surface area contributed by atoms with Crippen molar-refractivity contribution in [1.29, 1.82) is 0 Å². The minimum Gasteiger partial charge on any atom is -0.480 e. The number of rotatable bonds is 5. The molecule has 0 aromatic heterocycles. The highest BCUT2D eigenvalue weighted by atomic mass is 32.2. The number of sulfone groups is 1. The Morgan fingerprint density at radius 1 is 1.33 bits per heavy atom. The summed E-state index contributed by atoms with van der Waals surface area (Å²) >= 11 is 0. The molecule has 1 fully saturated rings. The van der Waals surface area contributed by atoms with Crippen molar-refractivity contribution in [2.45, 2.75) is 19.0 Å². The Hall–Kier alpha value is -1.54. The second-order valence-corrected chi connectivity index (χ2v) is 7.33.